The van der Waals surface area contributed by atoms with Crippen LogP contribution in [0.25, 0.3) is 0 Å². The van der Waals surface area contributed by atoms with Gasteiger partial charge in [0.15, 0.2) is 0 Å². The van der Waals surface area contributed by atoms with Gasteiger partial charge in [0.25, 0.3) is 0 Å². The summed E-state index contributed by atoms with van der Waals surface area (Å²) in [6, 6.07) is 7.03. The summed E-state index contributed by atoms with van der Waals surface area (Å²) < 4.78 is 3.19. The van der Waals surface area contributed by atoms with Crippen molar-refractivity contribution in [3.05, 3.63) is 50.8 Å². The second kappa shape index (κ2) is 6.75. The normalized spacial score (nSPS) is 12.7. The molecule has 0 amide bonds. The van der Waals surface area contributed by atoms with E-state index in [1.54, 1.807) is 0 Å². The van der Waals surface area contributed by atoms with Gasteiger partial charge in [0.1, 0.15) is 0 Å². The Kier molecular flexibility index (Phi) is 5.22. The van der Waals surface area contributed by atoms with Crippen LogP contribution in [0, 0.1) is 20.8 Å². The van der Waals surface area contributed by atoms with Gasteiger partial charge in [0.05, 0.1) is 5.69 Å². The minimum absolute atomic E-state index is 0.315. The Hall–Kier alpha value is -1.13. The number of halogens is 1. The van der Waals surface area contributed by atoms with Crippen LogP contribution in [-0.2, 0) is 13.5 Å². The molecule has 2 rings (SSSR count). The topological polar surface area (TPSA) is 29.9 Å². The molecule has 0 saturated carbocycles. The van der Waals surface area contributed by atoms with Crippen LogP contribution in [-0.4, -0.2) is 16.3 Å². The van der Waals surface area contributed by atoms with Crippen molar-refractivity contribution in [1.29, 1.82) is 0 Å². The van der Waals surface area contributed by atoms with E-state index < -0.39 is 0 Å². The van der Waals surface area contributed by atoms with Crippen LogP contribution in [0.5, 0.6) is 0 Å². The molecule has 0 saturated heterocycles. The number of hydrogen-bond acceptors (Lipinski definition) is 2. The molecular formula is C17H24BrN3. The predicted octanol–water partition coefficient (Wildman–Crippen LogP) is 4.00. The molecule has 0 aliphatic carbocycles. The number of likely N-dealkylation sites (N-methyl/N-ethyl adjacent to an activating group) is 1. The average Bonchev–Trinajstić information content (AvgIpc) is 2.73. The lowest BCUT2D eigenvalue weighted by molar-refractivity contribution is 0.528. The molecule has 1 N–H and O–H groups in total. The van der Waals surface area contributed by atoms with Crippen LogP contribution in [0.15, 0.2) is 22.7 Å². The van der Waals surface area contributed by atoms with Crippen LogP contribution in [0.2, 0.25) is 0 Å². The molecule has 0 fully saturated rings. The molecular weight excluding hydrogens is 326 g/mol. The van der Waals surface area contributed by atoms with Crippen LogP contribution < -0.4 is 5.32 Å². The van der Waals surface area contributed by atoms with Gasteiger partial charge < -0.3 is 5.32 Å². The van der Waals surface area contributed by atoms with Crippen molar-refractivity contribution in [2.75, 3.05) is 6.54 Å². The zero-order valence-electron chi connectivity index (χ0n) is 13.5. The Labute approximate surface area is 135 Å². The summed E-state index contributed by atoms with van der Waals surface area (Å²) in [5.41, 5.74) is 6.25. The number of hydrogen-bond donors (Lipinski definition) is 1. The first-order valence-corrected chi connectivity index (χ1v) is 8.21. The van der Waals surface area contributed by atoms with E-state index in [1.165, 1.54) is 26.9 Å². The van der Waals surface area contributed by atoms with Crippen molar-refractivity contribution in [2.45, 2.75) is 40.2 Å². The Bertz CT molecular complexity index is 608. The second-order valence-corrected chi connectivity index (χ2v) is 6.48. The van der Waals surface area contributed by atoms with E-state index in [1.807, 2.05) is 18.7 Å². The third kappa shape index (κ3) is 3.74. The number of nitrogens with zero attached hydrogens (tertiary/aromatic N) is 2. The SMILES string of the molecule is CCNC(Cc1cc(C)nn1C)c1cc(C)c(Br)c(C)c1. The quantitative estimate of drug-likeness (QED) is 0.883. The fraction of sp³-hybridized carbons (Fsp3) is 0.471. The maximum atomic E-state index is 4.45. The summed E-state index contributed by atoms with van der Waals surface area (Å²) in [6.45, 7) is 9.45. The van der Waals surface area contributed by atoms with Crippen LogP contribution in [0.1, 0.15) is 41.0 Å². The van der Waals surface area contributed by atoms with Gasteiger partial charge >= 0.3 is 0 Å². The number of aromatic nitrogens is 2. The molecule has 1 aromatic heterocycles. The van der Waals surface area contributed by atoms with Gasteiger partial charge in [-0.1, -0.05) is 35.0 Å². The Morgan fingerprint density at radius 1 is 1.19 bits per heavy atom. The van der Waals surface area contributed by atoms with Gasteiger partial charge in [0.2, 0.25) is 0 Å². The zero-order chi connectivity index (χ0) is 15.6. The maximum absolute atomic E-state index is 4.45. The summed E-state index contributed by atoms with van der Waals surface area (Å²) >= 11 is 3.65. The third-order valence-electron chi connectivity index (χ3n) is 3.82. The largest absolute Gasteiger partial charge is 0.310 e. The Morgan fingerprint density at radius 2 is 1.81 bits per heavy atom. The molecule has 2 aromatic rings. The lowest BCUT2D eigenvalue weighted by Gasteiger charge is -2.20. The summed E-state index contributed by atoms with van der Waals surface area (Å²) in [4.78, 5) is 0. The van der Waals surface area contributed by atoms with Gasteiger partial charge in [-0.25, -0.2) is 0 Å². The first kappa shape index (κ1) is 16.2. The maximum Gasteiger partial charge on any atom is 0.0596 e. The van der Waals surface area contributed by atoms with Gasteiger partial charge in [-0.2, -0.15) is 5.10 Å². The van der Waals surface area contributed by atoms with E-state index in [4.69, 9.17) is 0 Å². The van der Waals surface area contributed by atoms with E-state index in [2.05, 4.69) is 65.3 Å². The van der Waals surface area contributed by atoms with Crippen molar-refractivity contribution in [3.63, 3.8) is 0 Å². The molecule has 0 bridgehead atoms. The van der Waals surface area contributed by atoms with Crippen molar-refractivity contribution in [1.82, 2.24) is 15.1 Å². The van der Waals surface area contributed by atoms with E-state index in [0.29, 0.717) is 6.04 Å². The van der Waals surface area contributed by atoms with Crippen molar-refractivity contribution < 1.29 is 0 Å². The molecule has 21 heavy (non-hydrogen) atoms. The van der Waals surface area contributed by atoms with E-state index in [0.717, 1.165) is 18.7 Å². The molecule has 0 radical (unpaired) electrons. The van der Waals surface area contributed by atoms with E-state index in [-0.39, 0.29) is 0 Å². The second-order valence-electron chi connectivity index (χ2n) is 5.68. The van der Waals surface area contributed by atoms with E-state index in [9.17, 15) is 0 Å². The molecule has 0 aliphatic rings. The minimum Gasteiger partial charge on any atom is -0.310 e. The van der Waals surface area contributed by atoms with E-state index >= 15 is 0 Å². The average molecular weight is 350 g/mol. The Balaban J connectivity index is 2.33. The number of benzene rings is 1. The van der Waals surface area contributed by atoms with Crippen molar-refractivity contribution in [3.8, 4) is 0 Å². The number of aryl methyl sites for hydroxylation is 4. The highest BCUT2D eigenvalue weighted by molar-refractivity contribution is 9.10. The standard InChI is InChI=1S/C17H24BrN3/c1-6-19-16(10-15-9-13(4)20-21(15)5)14-7-11(2)17(18)12(3)8-14/h7-9,16,19H,6,10H2,1-5H3. The third-order valence-corrected chi connectivity index (χ3v) is 5.07. The smallest absolute Gasteiger partial charge is 0.0596 e. The predicted molar refractivity (Wildman–Crippen MR) is 91.7 cm³/mol. The van der Waals surface area contributed by atoms with Crippen molar-refractivity contribution >= 4 is 15.9 Å². The lowest BCUT2D eigenvalue weighted by Crippen LogP contribution is -2.24. The highest BCUT2D eigenvalue weighted by Gasteiger charge is 2.15. The number of rotatable bonds is 5. The first-order valence-electron chi connectivity index (χ1n) is 7.42. The van der Waals surface area contributed by atoms with Crippen molar-refractivity contribution in [2.24, 2.45) is 7.05 Å². The van der Waals surface area contributed by atoms with Crippen LogP contribution >= 0.6 is 15.9 Å². The Morgan fingerprint density at radius 3 is 2.29 bits per heavy atom. The zero-order valence-corrected chi connectivity index (χ0v) is 15.1. The molecule has 1 atom stereocenters. The monoisotopic (exact) mass is 349 g/mol. The first-order chi connectivity index (χ1) is 9.92. The van der Waals surface area contributed by atoms with Gasteiger partial charge in [-0.05, 0) is 50.1 Å². The highest BCUT2D eigenvalue weighted by Crippen LogP contribution is 2.27. The van der Waals surface area contributed by atoms with Gasteiger partial charge in [-0.3, -0.25) is 4.68 Å². The summed E-state index contributed by atoms with van der Waals surface area (Å²) in [5, 5.41) is 8.05. The molecule has 1 heterocycles. The summed E-state index contributed by atoms with van der Waals surface area (Å²) in [6.07, 6.45) is 0.950. The fourth-order valence-electron chi connectivity index (χ4n) is 2.80. The molecule has 1 aromatic carbocycles. The summed E-state index contributed by atoms with van der Waals surface area (Å²) in [7, 11) is 2.02. The van der Waals surface area contributed by atoms with Gasteiger partial charge in [0, 0.05) is 29.7 Å². The lowest BCUT2D eigenvalue weighted by atomic mass is 9.97. The molecule has 1 unspecified atom stereocenters. The molecule has 4 heteroatoms. The number of nitrogens with one attached hydrogen (secondary N) is 1. The fourth-order valence-corrected chi connectivity index (χ4v) is 3.03. The molecule has 114 valence electrons. The molecule has 3 nitrogen and oxygen atoms in total. The van der Waals surface area contributed by atoms with Gasteiger partial charge in [-0.15, -0.1) is 0 Å². The summed E-state index contributed by atoms with van der Waals surface area (Å²) in [5.74, 6) is 0. The minimum atomic E-state index is 0.315. The molecule has 0 spiro atoms. The molecule has 0 aliphatic heterocycles. The highest BCUT2D eigenvalue weighted by atomic mass is 79.9. The van der Waals surface area contributed by atoms with Crippen LogP contribution in [0.4, 0.5) is 0 Å². The van der Waals surface area contributed by atoms with Crippen LogP contribution in [0.3, 0.4) is 0 Å².